The van der Waals surface area contributed by atoms with Crippen LogP contribution >= 0.6 is 11.6 Å². The Hall–Kier alpha value is -3.98. The van der Waals surface area contributed by atoms with Crippen molar-refractivity contribution in [1.29, 1.82) is 0 Å². The standard InChI is InChI=1S/C28H34ClN7O6S/c1-6-36-22-14-13-20(25(42-5)17(22)11-12-21(27(36)38)31-24(37)16-41-4)33-28-30-15-18(29)26(34-28)32-19-9-7-8-10-23(19)43(39,40)35(2)3/h7-10,13-15,21H,6,11-12,16H2,1-5H3,(H,31,37)(H2,30,32,33,34). The molecule has 15 heteroatoms. The van der Waals surface area contributed by atoms with E-state index in [1.54, 1.807) is 35.2 Å². The van der Waals surface area contributed by atoms with Crippen LogP contribution in [0.5, 0.6) is 5.75 Å². The fourth-order valence-corrected chi connectivity index (χ4v) is 5.92. The summed E-state index contributed by atoms with van der Waals surface area (Å²) in [7, 11) is 2.10. The number of sulfonamides is 1. The number of nitrogens with one attached hydrogen (secondary N) is 3. The van der Waals surface area contributed by atoms with E-state index in [0.29, 0.717) is 42.2 Å². The third-order valence-corrected chi connectivity index (χ3v) is 8.94. The molecule has 2 heterocycles. The van der Waals surface area contributed by atoms with Gasteiger partial charge in [-0.25, -0.2) is 17.7 Å². The smallest absolute Gasteiger partial charge is 0.249 e. The van der Waals surface area contributed by atoms with Gasteiger partial charge in [-0.15, -0.1) is 0 Å². The first-order valence-electron chi connectivity index (χ1n) is 13.4. The van der Waals surface area contributed by atoms with E-state index in [-0.39, 0.29) is 40.1 Å². The van der Waals surface area contributed by atoms with Gasteiger partial charge in [0.15, 0.2) is 5.82 Å². The van der Waals surface area contributed by atoms with Crippen LogP contribution in [0.2, 0.25) is 5.02 Å². The van der Waals surface area contributed by atoms with Crippen LogP contribution in [-0.2, 0) is 30.8 Å². The van der Waals surface area contributed by atoms with Crippen molar-refractivity contribution in [2.75, 3.05) is 57.0 Å². The predicted molar refractivity (Wildman–Crippen MR) is 164 cm³/mol. The minimum absolute atomic E-state index is 0.0587. The minimum Gasteiger partial charge on any atom is -0.494 e. The molecule has 0 bridgehead atoms. The maximum Gasteiger partial charge on any atom is 0.249 e. The Balaban J connectivity index is 1.65. The number of carbonyl (C=O) groups is 2. The van der Waals surface area contributed by atoms with Gasteiger partial charge in [0.25, 0.3) is 0 Å². The molecule has 3 aromatic rings. The normalized spacial score (nSPS) is 15.1. The number of methoxy groups -OCH3 is 2. The topological polar surface area (TPSA) is 155 Å². The van der Waals surface area contributed by atoms with Gasteiger partial charge in [-0.3, -0.25) is 9.59 Å². The third-order valence-electron chi connectivity index (χ3n) is 6.79. The maximum absolute atomic E-state index is 13.3. The zero-order valence-corrected chi connectivity index (χ0v) is 26.0. The summed E-state index contributed by atoms with van der Waals surface area (Å²) in [6.45, 7) is 2.10. The molecule has 0 aliphatic carbocycles. The molecule has 0 spiro atoms. The maximum atomic E-state index is 13.3. The number of nitrogens with zero attached hydrogens (tertiary/aromatic N) is 4. The number of fused-ring (bicyclic) bond motifs is 1. The van der Waals surface area contributed by atoms with Crippen molar-refractivity contribution in [1.82, 2.24) is 19.6 Å². The van der Waals surface area contributed by atoms with E-state index >= 15 is 0 Å². The monoisotopic (exact) mass is 631 g/mol. The number of benzene rings is 2. The Labute approximate surface area is 255 Å². The molecule has 0 fully saturated rings. The van der Waals surface area contributed by atoms with E-state index in [9.17, 15) is 18.0 Å². The number of carbonyl (C=O) groups excluding carboxylic acids is 2. The fourth-order valence-electron chi connectivity index (χ4n) is 4.74. The van der Waals surface area contributed by atoms with Gasteiger partial charge in [0.2, 0.25) is 27.8 Å². The first-order valence-corrected chi connectivity index (χ1v) is 15.2. The molecule has 43 heavy (non-hydrogen) atoms. The molecule has 2 amide bonds. The van der Waals surface area contributed by atoms with Crippen LogP contribution in [0.3, 0.4) is 0 Å². The molecule has 1 atom stereocenters. The second-order valence-corrected chi connectivity index (χ2v) is 12.3. The van der Waals surface area contributed by atoms with Crippen molar-refractivity contribution in [3.63, 3.8) is 0 Å². The second kappa shape index (κ2) is 13.5. The van der Waals surface area contributed by atoms with Gasteiger partial charge in [-0.2, -0.15) is 4.98 Å². The van der Waals surface area contributed by atoms with Gasteiger partial charge >= 0.3 is 0 Å². The molecule has 1 unspecified atom stereocenters. The van der Waals surface area contributed by atoms with Crippen molar-refractivity contribution in [3.8, 4) is 5.75 Å². The van der Waals surface area contributed by atoms with Crippen LogP contribution in [0.1, 0.15) is 18.9 Å². The van der Waals surface area contributed by atoms with Gasteiger partial charge in [0.05, 0.1) is 30.4 Å². The lowest BCUT2D eigenvalue weighted by Gasteiger charge is -2.26. The number of likely N-dealkylation sites (N-methyl/N-ethyl adjacent to an activating group) is 1. The molecule has 4 rings (SSSR count). The van der Waals surface area contributed by atoms with Crippen molar-refractivity contribution >= 4 is 62.3 Å². The average Bonchev–Trinajstić information content (AvgIpc) is 3.10. The first kappa shape index (κ1) is 31.9. The zero-order valence-electron chi connectivity index (χ0n) is 24.5. The summed E-state index contributed by atoms with van der Waals surface area (Å²) in [6, 6.07) is 9.27. The van der Waals surface area contributed by atoms with Crippen LogP contribution < -0.4 is 25.6 Å². The number of halogens is 1. The van der Waals surface area contributed by atoms with Gasteiger partial charge in [-0.1, -0.05) is 23.7 Å². The lowest BCUT2D eigenvalue weighted by molar-refractivity contribution is -0.129. The number of hydrogen-bond donors (Lipinski definition) is 3. The largest absolute Gasteiger partial charge is 0.494 e. The molecule has 2 aromatic carbocycles. The van der Waals surface area contributed by atoms with Crippen LogP contribution in [-0.4, -0.2) is 82.0 Å². The summed E-state index contributed by atoms with van der Waals surface area (Å²) < 4.78 is 37.5. The lowest BCUT2D eigenvalue weighted by atomic mass is 10.0. The van der Waals surface area contributed by atoms with Gasteiger partial charge in [0, 0.05) is 33.3 Å². The van der Waals surface area contributed by atoms with E-state index in [2.05, 4.69) is 25.9 Å². The zero-order chi connectivity index (χ0) is 31.3. The number of ether oxygens (including phenoxy) is 2. The third kappa shape index (κ3) is 6.82. The number of para-hydroxylation sites is 1. The van der Waals surface area contributed by atoms with Crippen molar-refractivity contribution in [2.45, 2.75) is 30.7 Å². The highest BCUT2D eigenvalue weighted by molar-refractivity contribution is 7.89. The van der Waals surface area contributed by atoms with E-state index in [4.69, 9.17) is 21.1 Å². The quantitative estimate of drug-likeness (QED) is 0.287. The van der Waals surface area contributed by atoms with E-state index < -0.39 is 16.1 Å². The molecule has 1 aromatic heterocycles. The molecular formula is C28H34ClN7O6S. The SMILES string of the molecule is CCN1C(=O)C(NC(=O)COC)CCc2c1ccc(Nc1ncc(Cl)c(Nc3ccccc3S(=O)(=O)N(C)C)n1)c2OC. The Bertz CT molecular complexity index is 1620. The summed E-state index contributed by atoms with van der Waals surface area (Å²) in [5.74, 6) is 0.250. The molecule has 1 aliphatic rings. The molecule has 1 aliphatic heterocycles. The summed E-state index contributed by atoms with van der Waals surface area (Å²) in [5, 5.41) is 9.10. The first-order chi connectivity index (χ1) is 20.5. The summed E-state index contributed by atoms with van der Waals surface area (Å²) >= 11 is 6.39. The average molecular weight is 632 g/mol. The molecule has 0 saturated carbocycles. The Morgan fingerprint density at radius 3 is 2.56 bits per heavy atom. The van der Waals surface area contributed by atoms with Crippen LogP contribution in [0.15, 0.2) is 47.5 Å². The van der Waals surface area contributed by atoms with E-state index in [1.807, 2.05) is 6.92 Å². The second-order valence-electron chi connectivity index (χ2n) is 9.74. The summed E-state index contributed by atoms with van der Waals surface area (Å²) in [4.78, 5) is 36.0. The Kier molecular flexibility index (Phi) is 10.1. The van der Waals surface area contributed by atoms with Crippen LogP contribution in [0.25, 0.3) is 0 Å². The Morgan fingerprint density at radius 1 is 1.14 bits per heavy atom. The molecule has 13 nitrogen and oxygen atoms in total. The Morgan fingerprint density at radius 2 is 1.88 bits per heavy atom. The van der Waals surface area contributed by atoms with Crippen LogP contribution in [0, 0.1) is 0 Å². The van der Waals surface area contributed by atoms with Gasteiger partial charge in [-0.05, 0) is 44.0 Å². The molecular weight excluding hydrogens is 598 g/mol. The summed E-state index contributed by atoms with van der Waals surface area (Å²) in [5.41, 5.74) is 2.29. The molecule has 0 radical (unpaired) electrons. The number of rotatable bonds is 11. The van der Waals surface area contributed by atoms with Gasteiger partial charge < -0.3 is 30.3 Å². The van der Waals surface area contributed by atoms with Crippen molar-refractivity contribution < 1.29 is 27.5 Å². The van der Waals surface area contributed by atoms with Crippen molar-refractivity contribution in [2.24, 2.45) is 0 Å². The highest BCUT2D eigenvalue weighted by atomic mass is 35.5. The lowest BCUT2D eigenvalue weighted by Crippen LogP contribution is -2.48. The number of hydrogen-bond acceptors (Lipinski definition) is 10. The predicted octanol–water partition coefficient (Wildman–Crippen LogP) is 3.31. The van der Waals surface area contributed by atoms with E-state index in [1.165, 1.54) is 40.6 Å². The number of aromatic nitrogens is 2. The van der Waals surface area contributed by atoms with Gasteiger partial charge in [0.1, 0.15) is 28.3 Å². The van der Waals surface area contributed by atoms with Crippen molar-refractivity contribution in [3.05, 3.63) is 53.2 Å². The summed E-state index contributed by atoms with van der Waals surface area (Å²) in [6.07, 6.45) is 2.20. The number of amides is 2. The highest BCUT2D eigenvalue weighted by Crippen LogP contribution is 2.40. The molecule has 3 N–H and O–H groups in total. The van der Waals surface area contributed by atoms with E-state index in [0.717, 1.165) is 9.87 Å². The minimum atomic E-state index is -3.75. The van der Waals surface area contributed by atoms with Crippen LogP contribution in [0.4, 0.5) is 28.8 Å². The highest BCUT2D eigenvalue weighted by Gasteiger charge is 2.33. The molecule has 230 valence electrons. The fraction of sp³-hybridized carbons (Fsp3) is 0.357. The number of anilines is 5. The molecule has 0 saturated heterocycles.